The van der Waals surface area contributed by atoms with Gasteiger partial charge in [-0.2, -0.15) is 0 Å². The number of piperazine rings is 1. The van der Waals surface area contributed by atoms with Gasteiger partial charge in [0.05, 0.1) is 35.2 Å². The topological polar surface area (TPSA) is 79.8 Å². The molecule has 33 heavy (non-hydrogen) atoms. The molecule has 3 heterocycles. The summed E-state index contributed by atoms with van der Waals surface area (Å²) in [6.07, 6.45) is 2.74. The minimum absolute atomic E-state index is 0.242. The molecule has 0 saturated carbocycles. The molecular formula is C23H28ClN5O3S. The second-order valence-electron chi connectivity index (χ2n) is 7.90. The van der Waals surface area contributed by atoms with Gasteiger partial charge in [0.1, 0.15) is 28.5 Å². The molecule has 0 atom stereocenters. The average Bonchev–Trinajstić information content (AvgIpc) is 3.17. The van der Waals surface area contributed by atoms with Crippen molar-refractivity contribution >= 4 is 50.6 Å². The van der Waals surface area contributed by atoms with Crippen LogP contribution >= 0.6 is 22.9 Å². The average molecular weight is 490 g/mol. The van der Waals surface area contributed by atoms with E-state index in [0.29, 0.717) is 27.1 Å². The van der Waals surface area contributed by atoms with E-state index in [1.807, 2.05) is 6.92 Å². The van der Waals surface area contributed by atoms with Gasteiger partial charge in [-0.1, -0.05) is 18.5 Å². The zero-order valence-electron chi connectivity index (χ0n) is 19.3. The summed E-state index contributed by atoms with van der Waals surface area (Å²) in [6.45, 7) is 9.10. The molecule has 0 radical (unpaired) electrons. The number of aryl methyl sites for hydroxylation is 1. The van der Waals surface area contributed by atoms with E-state index in [4.69, 9.17) is 21.1 Å². The molecule has 0 aliphatic carbocycles. The molecule has 1 aliphatic heterocycles. The second kappa shape index (κ2) is 10.1. The van der Waals surface area contributed by atoms with Crippen LogP contribution in [0.25, 0.3) is 10.2 Å². The Labute approximate surface area is 202 Å². The van der Waals surface area contributed by atoms with Crippen LogP contribution in [0.3, 0.4) is 0 Å². The lowest BCUT2D eigenvalue weighted by Gasteiger charge is -2.35. The van der Waals surface area contributed by atoms with E-state index < -0.39 is 0 Å². The number of methoxy groups -OCH3 is 2. The Bertz CT molecular complexity index is 1160. The lowest BCUT2D eigenvalue weighted by atomic mass is 10.1. The molecule has 0 unspecified atom stereocenters. The van der Waals surface area contributed by atoms with Crippen LogP contribution in [0, 0.1) is 6.92 Å². The molecule has 0 bridgehead atoms. The lowest BCUT2D eigenvalue weighted by Crippen LogP contribution is -2.46. The van der Waals surface area contributed by atoms with Gasteiger partial charge >= 0.3 is 0 Å². The molecular weight excluding hydrogens is 462 g/mol. The molecule has 1 aromatic carbocycles. The van der Waals surface area contributed by atoms with Crippen LogP contribution in [0.2, 0.25) is 5.02 Å². The first-order valence-electron chi connectivity index (χ1n) is 10.9. The number of rotatable bonds is 7. The minimum Gasteiger partial charge on any atom is -0.495 e. The van der Waals surface area contributed by atoms with E-state index in [0.717, 1.165) is 60.7 Å². The summed E-state index contributed by atoms with van der Waals surface area (Å²) in [5.74, 6) is 1.60. The first-order valence-corrected chi connectivity index (χ1v) is 12.1. The summed E-state index contributed by atoms with van der Waals surface area (Å²) in [5.41, 5.74) is 1.35. The Morgan fingerprint density at radius 2 is 1.88 bits per heavy atom. The summed E-state index contributed by atoms with van der Waals surface area (Å²) < 4.78 is 10.6. The molecule has 1 N–H and O–H groups in total. The number of thiophene rings is 1. The molecule has 8 nitrogen and oxygen atoms in total. The molecule has 1 aliphatic rings. The van der Waals surface area contributed by atoms with Crippen LogP contribution in [0.15, 0.2) is 18.5 Å². The summed E-state index contributed by atoms with van der Waals surface area (Å²) in [4.78, 5) is 28.5. The highest BCUT2D eigenvalue weighted by Crippen LogP contribution is 2.38. The fraction of sp³-hybridized carbons (Fsp3) is 0.435. The summed E-state index contributed by atoms with van der Waals surface area (Å²) in [5, 5.41) is 4.26. The molecule has 1 fully saturated rings. The largest absolute Gasteiger partial charge is 0.495 e. The molecule has 10 heteroatoms. The van der Waals surface area contributed by atoms with E-state index in [9.17, 15) is 4.79 Å². The highest BCUT2D eigenvalue weighted by Gasteiger charge is 2.25. The number of carbonyl (C=O) groups is 1. The van der Waals surface area contributed by atoms with Crippen molar-refractivity contribution in [2.75, 3.05) is 57.2 Å². The van der Waals surface area contributed by atoms with Crippen LogP contribution in [-0.2, 0) is 0 Å². The molecule has 4 rings (SSSR count). The number of hydrogen-bond acceptors (Lipinski definition) is 8. The van der Waals surface area contributed by atoms with Gasteiger partial charge in [-0.3, -0.25) is 9.69 Å². The van der Waals surface area contributed by atoms with Gasteiger partial charge in [-0.25, -0.2) is 9.97 Å². The van der Waals surface area contributed by atoms with Crippen molar-refractivity contribution in [1.82, 2.24) is 14.9 Å². The number of ether oxygens (including phenoxy) is 2. The van der Waals surface area contributed by atoms with E-state index in [-0.39, 0.29) is 5.91 Å². The van der Waals surface area contributed by atoms with Crippen molar-refractivity contribution in [2.45, 2.75) is 20.3 Å². The number of benzene rings is 1. The number of carbonyl (C=O) groups excluding carboxylic acids is 1. The van der Waals surface area contributed by atoms with Gasteiger partial charge in [0.25, 0.3) is 5.91 Å². The Hall–Kier alpha value is -2.62. The maximum atomic E-state index is 13.2. The van der Waals surface area contributed by atoms with Crippen molar-refractivity contribution in [3.63, 3.8) is 0 Å². The Kier molecular flexibility index (Phi) is 7.21. The first-order chi connectivity index (χ1) is 16.0. The van der Waals surface area contributed by atoms with Gasteiger partial charge in [0, 0.05) is 32.2 Å². The second-order valence-corrected chi connectivity index (χ2v) is 9.31. The number of nitrogens with one attached hydrogen (secondary N) is 1. The molecule has 0 spiro atoms. The monoisotopic (exact) mass is 489 g/mol. The third kappa shape index (κ3) is 4.71. The van der Waals surface area contributed by atoms with Gasteiger partial charge < -0.3 is 19.7 Å². The fourth-order valence-corrected chi connectivity index (χ4v) is 5.43. The van der Waals surface area contributed by atoms with Gasteiger partial charge in [0.2, 0.25) is 0 Å². The highest BCUT2D eigenvalue weighted by atomic mass is 35.5. The van der Waals surface area contributed by atoms with E-state index in [1.165, 1.54) is 25.6 Å². The quantitative estimate of drug-likeness (QED) is 0.525. The number of aromatic nitrogens is 2. The van der Waals surface area contributed by atoms with Gasteiger partial charge in [-0.15, -0.1) is 11.3 Å². The van der Waals surface area contributed by atoms with Crippen molar-refractivity contribution in [1.29, 1.82) is 0 Å². The van der Waals surface area contributed by atoms with Gasteiger partial charge in [-0.05, 0) is 31.5 Å². The van der Waals surface area contributed by atoms with Crippen molar-refractivity contribution in [3.05, 3.63) is 33.9 Å². The molecule has 1 amide bonds. The van der Waals surface area contributed by atoms with Crippen LogP contribution < -0.4 is 19.7 Å². The number of hydrogen-bond donors (Lipinski definition) is 1. The van der Waals surface area contributed by atoms with E-state index in [2.05, 4.69) is 32.0 Å². The van der Waals surface area contributed by atoms with Crippen LogP contribution in [-0.4, -0.2) is 67.7 Å². The van der Waals surface area contributed by atoms with Crippen LogP contribution in [0.4, 0.5) is 11.5 Å². The lowest BCUT2D eigenvalue weighted by molar-refractivity contribution is 0.102. The number of amides is 1. The maximum absolute atomic E-state index is 13.2. The molecule has 3 aromatic rings. The smallest absolute Gasteiger partial charge is 0.266 e. The van der Waals surface area contributed by atoms with Crippen molar-refractivity contribution in [2.24, 2.45) is 0 Å². The Balaban J connectivity index is 1.62. The standard InChI is InChI=1S/C23H28ClN5O3S/c1-5-6-28-7-9-29(10-8-28)21-19-14(2)20(33-23(19)26-13-25-21)22(30)27-16-11-15(24)17(31-3)12-18(16)32-4/h11-13H,5-10H2,1-4H3,(H,27,30). The van der Waals surface area contributed by atoms with Crippen molar-refractivity contribution < 1.29 is 14.3 Å². The SMILES string of the molecule is CCCN1CCN(c2ncnc3sc(C(=O)Nc4cc(Cl)c(OC)cc4OC)c(C)c23)CC1. The predicted molar refractivity (Wildman–Crippen MR) is 134 cm³/mol. The van der Waals surface area contributed by atoms with E-state index in [1.54, 1.807) is 18.5 Å². The number of anilines is 2. The molecule has 176 valence electrons. The summed E-state index contributed by atoms with van der Waals surface area (Å²) in [6, 6.07) is 3.28. The zero-order valence-corrected chi connectivity index (χ0v) is 20.8. The van der Waals surface area contributed by atoms with Crippen LogP contribution in [0.5, 0.6) is 11.5 Å². The third-order valence-electron chi connectivity index (χ3n) is 5.85. The number of fused-ring (bicyclic) bond motifs is 1. The first kappa shape index (κ1) is 23.5. The van der Waals surface area contributed by atoms with E-state index >= 15 is 0 Å². The van der Waals surface area contributed by atoms with Gasteiger partial charge in [0.15, 0.2) is 0 Å². The summed E-state index contributed by atoms with van der Waals surface area (Å²) in [7, 11) is 3.06. The maximum Gasteiger partial charge on any atom is 0.266 e. The number of halogens is 1. The molecule has 2 aromatic heterocycles. The normalized spacial score (nSPS) is 14.5. The Morgan fingerprint density at radius 1 is 1.15 bits per heavy atom. The zero-order chi connectivity index (χ0) is 23.5. The molecule has 1 saturated heterocycles. The summed E-state index contributed by atoms with van der Waals surface area (Å²) >= 11 is 7.63. The predicted octanol–water partition coefficient (Wildman–Crippen LogP) is 4.45. The fourth-order valence-electron chi connectivity index (χ4n) is 4.15. The number of nitrogens with zero attached hydrogens (tertiary/aromatic N) is 4. The van der Waals surface area contributed by atoms with Crippen LogP contribution in [0.1, 0.15) is 28.6 Å². The Morgan fingerprint density at radius 3 is 2.55 bits per heavy atom. The third-order valence-corrected chi connectivity index (χ3v) is 7.34. The minimum atomic E-state index is -0.242. The highest BCUT2D eigenvalue weighted by molar-refractivity contribution is 7.20. The van der Waals surface area contributed by atoms with Crippen molar-refractivity contribution in [3.8, 4) is 11.5 Å².